The van der Waals surface area contributed by atoms with Crippen molar-refractivity contribution in [3.05, 3.63) is 29.8 Å². The number of para-hydroxylation sites is 1. The first-order chi connectivity index (χ1) is 10.2. The van der Waals surface area contributed by atoms with Crippen LogP contribution in [0.1, 0.15) is 30.1 Å². The summed E-state index contributed by atoms with van der Waals surface area (Å²) in [6.45, 7) is 4.37. The van der Waals surface area contributed by atoms with Gasteiger partial charge in [-0.1, -0.05) is 19.1 Å². The van der Waals surface area contributed by atoms with E-state index in [1.165, 1.54) is 0 Å². The van der Waals surface area contributed by atoms with Crippen LogP contribution in [0.25, 0.3) is 0 Å². The molecule has 0 spiro atoms. The van der Waals surface area contributed by atoms with Crippen LogP contribution in [-0.2, 0) is 4.79 Å². The third-order valence-electron chi connectivity index (χ3n) is 3.72. The second kappa shape index (κ2) is 7.11. The summed E-state index contributed by atoms with van der Waals surface area (Å²) >= 11 is 0. The van der Waals surface area contributed by atoms with E-state index in [0.717, 1.165) is 6.42 Å². The zero-order valence-corrected chi connectivity index (χ0v) is 12.7. The van der Waals surface area contributed by atoms with Gasteiger partial charge < -0.3 is 14.5 Å². The van der Waals surface area contributed by atoms with Gasteiger partial charge in [0.25, 0.3) is 5.91 Å². The molecule has 0 atom stereocenters. The minimum Gasteiger partial charge on any atom is -0.496 e. The van der Waals surface area contributed by atoms with E-state index in [0.29, 0.717) is 43.9 Å². The summed E-state index contributed by atoms with van der Waals surface area (Å²) in [5.41, 5.74) is 0.577. The quantitative estimate of drug-likeness (QED) is 0.849. The Hall–Kier alpha value is -2.04. The summed E-state index contributed by atoms with van der Waals surface area (Å²) in [7, 11) is 1.56. The smallest absolute Gasteiger partial charge is 0.257 e. The maximum atomic E-state index is 12.5. The van der Waals surface area contributed by atoms with E-state index in [1.54, 1.807) is 24.1 Å². The number of carbonyl (C=O) groups excluding carboxylic acids is 2. The molecule has 1 aliphatic heterocycles. The lowest BCUT2D eigenvalue weighted by Crippen LogP contribution is -2.50. The predicted octanol–water partition coefficient (Wildman–Crippen LogP) is 1.78. The van der Waals surface area contributed by atoms with Crippen LogP contribution in [0.5, 0.6) is 5.75 Å². The van der Waals surface area contributed by atoms with Crippen LogP contribution >= 0.6 is 0 Å². The standard InChI is InChI=1S/C16H22N2O3/c1-3-6-15(19)17-9-11-18(12-10-17)16(20)13-7-4-5-8-14(13)21-2/h4-5,7-8H,3,6,9-12H2,1-2H3. The van der Waals surface area contributed by atoms with Crippen LogP contribution < -0.4 is 4.74 Å². The highest BCUT2D eigenvalue weighted by Gasteiger charge is 2.25. The molecule has 2 rings (SSSR count). The predicted molar refractivity (Wildman–Crippen MR) is 80.4 cm³/mol. The Morgan fingerprint density at radius 1 is 1.10 bits per heavy atom. The monoisotopic (exact) mass is 290 g/mol. The molecule has 114 valence electrons. The van der Waals surface area contributed by atoms with Crippen molar-refractivity contribution in [3.8, 4) is 5.75 Å². The minimum absolute atomic E-state index is 0.0324. The van der Waals surface area contributed by atoms with Crippen LogP contribution in [0.3, 0.4) is 0 Å². The van der Waals surface area contributed by atoms with Crippen molar-refractivity contribution in [3.63, 3.8) is 0 Å². The normalized spacial score (nSPS) is 15.0. The molecular weight excluding hydrogens is 268 g/mol. The van der Waals surface area contributed by atoms with E-state index in [4.69, 9.17) is 4.74 Å². The number of methoxy groups -OCH3 is 1. The first-order valence-electron chi connectivity index (χ1n) is 7.37. The average Bonchev–Trinajstić information content (AvgIpc) is 2.54. The van der Waals surface area contributed by atoms with Gasteiger partial charge in [-0.3, -0.25) is 9.59 Å². The Morgan fingerprint density at radius 3 is 2.33 bits per heavy atom. The molecule has 21 heavy (non-hydrogen) atoms. The van der Waals surface area contributed by atoms with Crippen LogP contribution in [-0.4, -0.2) is 54.9 Å². The lowest BCUT2D eigenvalue weighted by atomic mass is 10.1. The highest BCUT2D eigenvalue weighted by Crippen LogP contribution is 2.20. The SMILES string of the molecule is CCCC(=O)N1CCN(C(=O)c2ccccc2OC)CC1. The van der Waals surface area contributed by atoms with Crippen molar-refractivity contribution in [1.82, 2.24) is 9.80 Å². The van der Waals surface area contributed by atoms with Crippen LogP contribution in [0.15, 0.2) is 24.3 Å². The maximum absolute atomic E-state index is 12.5. The van der Waals surface area contributed by atoms with Crippen molar-refractivity contribution in [1.29, 1.82) is 0 Å². The molecule has 0 aliphatic carbocycles. The van der Waals surface area contributed by atoms with Crippen molar-refractivity contribution in [2.75, 3.05) is 33.3 Å². The van der Waals surface area contributed by atoms with Gasteiger partial charge >= 0.3 is 0 Å². The number of ether oxygens (including phenoxy) is 1. The maximum Gasteiger partial charge on any atom is 0.257 e. The van der Waals surface area contributed by atoms with Gasteiger partial charge in [-0.15, -0.1) is 0 Å². The van der Waals surface area contributed by atoms with E-state index in [1.807, 2.05) is 24.0 Å². The van der Waals surface area contributed by atoms with Crippen molar-refractivity contribution < 1.29 is 14.3 Å². The topological polar surface area (TPSA) is 49.9 Å². The summed E-state index contributed by atoms with van der Waals surface area (Å²) in [5, 5.41) is 0. The van der Waals surface area contributed by atoms with E-state index in [9.17, 15) is 9.59 Å². The molecule has 0 aromatic heterocycles. The van der Waals surface area contributed by atoms with Gasteiger partial charge in [-0.25, -0.2) is 0 Å². The van der Waals surface area contributed by atoms with E-state index < -0.39 is 0 Å². The molecule has 1 heterocycles. The van der Waals surface area contributed by atoms with Crippen molar-refractivity contribution >= 4 is 11.8 Å². The first kappa shape index (κ1) is 15.4. The Labute approximate surface area is 125 Å². The van der Waals surface area contributed by atoms with Crippen LogP contribution in [0.4, 0.5) is 0 Å². The van der Waals surface area contributed by atoms with Gasteiger partial charge in [0.2, 0.25) is 5.91 Å². The molecule has 0 unspecified atom stereocenters. The van der Waals surface area contributed by atoms with Gasteiger partial charge in [0.05, 0.1) is 12.7 Å². The molecule has 5 heteroatoms. The van der Waals surface area contributed by atoms with Crippen LogP contribution in [0, 0.1) is 0 Å². The molecule has 0 bridgehead atoms. The average molecular weight is 290 g/mol. The highest BCUT2D eigenvalue weighted by molar-refractivity contribution is 5.97. The third kappa shape index (κ3) is 3.54. The Morgan fingerprint density at radius 2 is 1.71 bits per heavy atom. The fourth-order valence-electron chi connectivity index (χ4n) is 2.52. The third-order valence-corrected chi connectivity index (χ3v) is 3.72. The fourth-order valence-corrected chi connectivity index (χ4v) is 2.52. The molecule has 0 N–H and O–H groups in total. The minimum atomic E-state index is -0.0324. The zero-order chi connectivity index (χ0) is 15.2. The summed E-state index contributed by atoms with van der Waals surface area (Å²) in [4.78, 5) is 28.0. The lowest BCUT2D eigenvalue weighted by molar-refractivity contribution is -0.132. The molecule has 1 aromatic rings. The fraction of sp³-hybridized carbons (Fsp3) is 0.500. The van der Waals surface area contributed by atoms with Gasteiger partial charge in [0.1, 0.15) is 5.75 Å². The number of benzene rings is 1. The molecule has 2 amide bonds. The number of nitrogens with zero attached hydrogens (tertiary/aromatic N) is 2. The number of carbonyl (C=O) groups is 2. The molecule has 1 aliphatic rings. The molecule has 5 nitrogen and oxygen atoms in total. The molecule has 0 radical (unpaired) electrons. The molecule has 0 saturated carbocycles. The highest BCUT2D eigenvalue weighted by atomic mass is 16.5. The van der Waals surface area contributed by atoms with Gasteiger partial charge in [0.15, 0.2) is 0 Å². The molecule has 1 fully saturated rings. The number of amides is 2. The largest absolute Gasteiger partial charge is 0.496 e. The molecule has 1 aromatic carbocycles. The summed E-state index contributed by atoms with van der Waals surface area (Å²) in [6, 6.07) is 7.23. The van der Waals surface area contributed by atoms with Gasteiger partial charge in [-0.05, 0) is 18.6 Å². The second-order valence-corrected chi connectivity index (χ2v) is 5.12. The number of rotatable bonds is 4. The summed E-state index contributed by atoms with van der Waals surface area (Å²) in [5.74, 6) is 0.740. The van der Waals surface area contributed by atoms with Crippen molar-refractivity contribution in [2.45, 2.75) is 19.8 Å². The molecule has 1 saturated heterocycles. The Balaban J connectivity index is 1.99. The zero-order valence-electron chi connectivity index (χ0n) is 12.7. The second-order valence-electron chi connectivity index (χ2n) is 5.12. The lowest BCUT2D eigenvalue weighted by Gasteiger charge is -2.35. The molecular formula is C16H22N2O3. The van der Waals surface area contributed by atoms with Gasteiger partial charge in [0, 0.05) is 32.6 Å². The van der Waals surface area contributed by atoms with E-state index in [-0.39, 0.29) is 11.8 Å². The van der Waals surface area contributed by atoms with Crippen LogP contribution in [0.2, 0.25) is 0 Å². The Bertz CT molecular complexity index is 508. The number of piperazine rings is 1. The first-order valence-corrected chi connectivity index (χ1v) is 7.37. The Kier molecular flexibility index (Phi) is 5.20. The summed E-state index contributed by atoms with van der Waals surface area (Å²) in [6.07, 6.45) is 1.44. The number of hydrogen-bond donors (Lipinski definition) is 0. The van der Waals surface area contributed by atoms with E-state index >= 15 is 0 Å². The van der Waals surface area contributed by atoms with Gasteiger partial charge in [-0.2, -0.15) is 0 Å². The van der Waals surface area contributed by atoms with E-state index in [2.05, 4.69) is 0 Å². The van der Waals surface area contributed by atoms with Crippen molar-refractivity contribution in [2.24, 2.45) is 0 Å². The number of hydrogen-bond acceptors (Lipinski definition) is 3. The summed E-state index contributed by atoms with van der Waals surface area (Å²) < 4.78 is 5.24.